The first-order chi connectivity index (χ1) is 10.2. The molecule has 1 unspecified atom stereocenters. The van der Waals surface area contributed by atoms with Crippen molar-refractivity contribution in [3.8, 4) is 5.75 Å². The van der Waals surface area contributed by atoms with Crippen molar-refractivity contribution in [2.24, 2.45) is 0 Å². The van der Waals surface area contributed by atoms with E-state index in [9.17, 15) is 4.39 Å². The van der Waals surface area contributed by atoms with Gasteiger partial charge in [-0.05, 0) is 19.0 Å². The van der Waals surface area contributed by atoms with Crippen LogP contribution >= 0.6 is 0 Å². The number of rotatable bonds is 7. The Morgan fingerprint density at radius 1 is 1.38 bits per heavy atom. The minimum Gasteiger partial charge on any atom is -0.494 e. The molecule has 1 heterocycles. The van der Waals surface area contributed by atoms with Crippen LogP contribution in [-0.4, -0.2) is 23.4 Å². The van der Waals surface area contributed by atoms with Gasteiger partial charge in [-0.15, -0.1) is 0 Å². The molecule has 0 fully saturated rings. The van der Waals surface area contributed by atoms with Crippen molar-refractivity contribution in [2.45, 2.75) is 32.9 Å². The molecule has 0 bridgehead atoms. The number of benzene rings is 1. The standard InChI is InChI=1S/C16H22FN3O/c1-4-14(18-5-2)13-9-19-20(11-13)10-12-7-6-8-15(21-3)16(12)17/h6-9,11,14,18H,4-5,10H2,1-3H3. The van der Waals surface area contributed by atoms with E-state index in [-0.39, 0.29) is 11.6 Å². The maximum Gasteiger partial charge on any atom is 0.170 e. The van der Waals surface area contributed by atoms with Crippen LogP contribution in [0.2, 0.25) is 0 Å². The summed E-state index contributed by atoms with van der Waals surface area (Å²) in [5.74, 6) is -0.0604. The Morgan fingerprint density at radius 3 is 2.86 bits per heavy atom. The molecule has 1 aromatic heterocycles. The van der Waals surface area contributed by atoms with Crippen LogP contribution < -0.4 is 10.1 Å². The zero-order valence-electron chi connectivity index (χ0n) is 12.8. The Morgan fingerprint density at radius 2 is 2.19 bits per heavy atom. The van der Waals surface area contributed by atoms with Gasteiger partial charge in [-0.3, -0.25) is 4.68 Å². The number of hydrogen-bond donors (Lipinski definition) is 1. The van der Waals surface area contributed by atoms with Gasteiger partial charge in [-0.1, -0.05) is 26.0 Å². The highest BCUT2D eigenvalue weighted by Crippen LogP contribution is 2.21. The molecule has 1 aromatic carbocycles. The van der Waals surface area contributed by atoms with Crippen molar-refractivity contribution in [2.75, 3.05) is 13.7 Å². The predicted octanol–water partition coefficient (Wildman–Crippen LogP) is 3.14. The summed E-state index contributed by atoms with van der Waals surface area (Å²) in [7, 11) is 1.47. The van der Waals surface area contributed by atoms with Gasteiger partial charge in [0.2, 0.25) is 0 Å². The van der Waals surface area contributed by atoms with Crippen molar-refractivity contribution >= 4 is 0 Å². The minimum atomic E-state index is -0.323. The second-order valence-corrected chi connectivity index (χ2v) is 4.92. The first kappa shape index (κ1) is 15.5. The van der Waals surface area contributed by atoms with Crippen LogP contribution in [-0.2, 0) is 6.54 Å². The summed E-state index contributed by atoms with van der Waals surface area (Å²) in [6.45, 7) is 5.52. The summed E-state index contributed by atoms with van der Waals surface area (Å²) in [6.07, 6.45) is 4.80. The largest absolute Gasteiger partial charge is 0.494 e. The van der Waals surface area contributed by atoms with Crippen LogP contribution in [0.3, 0.4) is 0 Å². The molecular formula is C16H22FN3O. The summed E-state index contributed by atoms with van der Waals surface area (Å²) < 4.78 is 20.9. The molecule has 0 amide bonds. The van der Waals surface area contributed by atoms with E-state index in [1.54, 1.807) is 22.9 Å². The van der Waals surface area contributed by atoms with Gasteiger partial charge in [0, 0.05) is 23.4 Å². The maximum absolute atomic E-state index is 14.1. The highest BCUT2D eigenvalue weighted by Gasteiger charge is 2.12. The Bertz CT molecular complexity index is 583. The molecule has 114 valence electrons. The van der Waals surface area contributed by atoms with Crippen LogP contribution in [0.25, 0.3) is 0 Å². The molecule has 0 saturated heterocycles. The van der Waals surface area contributed by atoms with E-state index < -0.39 is 0 Å². The van der Waals surface area contributed by atoms with Gasteiger partial charge in [0.1, 0.15) is 0 Å². The third-order valence-corrected chi connectivity index (χ3v) is 3.51. The van der Waals surface area contributed by atoms with Gasteiger partial charge in [0.05, 0.1) is 19.9 Å². The average Bonchev–Trinajstić information content (AvgIpc) is 2.95. The summed E-state index contributed by atoms with van der Waals surface area (Å²) in [5, 5.41) is 7.74. The lowest BCUT2D eigenvalue weighted by molar-refractivity contribution is 0.383. The predicted molar refractivity (Wildman–Crippen MR) is 81.0 cm³/mol. The lowest BCUT2D eigenvalue weighted by Gasteiger charge is -2.13. The number of aromatic nitrogens is 2. The number of methoxy groups -OCH3 is 1. The minimum absolute atomic E-state index is 0.263. The number of hydrogen-bond acceptors (Lipinski definition) is 3. The SMILES string of the molecule is CCNC(CC)c1cnn(Cc2cccc(OC)c2F)c1. The first-order valence-electron chi connectivity index (χ1n) is 7.26. The monoisotopic (exact) mass is 291 g/mol. The third-order valence-electron chi connectivity index (χ3n) is 3.51. The van der Waals surface area contributed by atoms with Gasteiger partial charge in [-0.25, -0.2) is 4.39 Å². The third kappa shape index (κ3) is 3.61. The number of nitrogens with zero attached hydrogens (tertiary/aromatic N) is 2. The van der Waals surface area contributed by atoms with Crippen LogP contribution in [0.4, 0.5) is 4.39 Å². The Kier molecular flexibility index (Phi) is 5.33. The number of halogens is 1. The summed E-state index contributed by atoms with van der Waals surface area (Å²) in [5.41, 5.74) is 1.70. The van der Waals surface area contributed by atoms with E-state index in [2.05, 4.69) is 24.3 Å². The van der Waals surface area contributed by atoms with Crippen molar-refractivity contribution in [3.05, 3.63) is 47.5 Å². The van der Waals surface area contributed by atoms with E-state index in [1.165, 1.54) is 7.11 Å². The summed E-state index contributed by atoms with van der Waals surface area (Å²) >= 11 is 0. The fourth-order valence-electron chi connectivity index (χ4n) is 2.40. The summed E-state index contributed by atoms with van der Waals surface area (Å²) in [6, 6.07) is 5.44. The van der Waals surface area contributed by atoms with E-state index in [0.717, 1.165) is 18.5 Å². The van der Waals surface area contributed by atoms with Gasteiger partial charge in [0.15, 0.2) is 11.6 Å². The second kappa shape index (κ2) is 7.22. The highest BCUT2D eigenvalue weighted by atomic mass is 19.1. The molecule has 0 radical (unpaired) electrons. The van der Waals surface area contributed by atoms with E-state index in [1.807, 2.05) is 12.4 Å². The fraction of sp³-hybridized carbons (Fsp3) is 0.438. The quantitative estimate of drug-likeness (QED) is 0.852. The Balaban J connectivity index is 2.16. The van der Waals surface area contributed by atoms with Crippen LogP contribution in [0.5, 0.6) is 5.75 Å². The van der Waals surface area contributed by atoms with Crippen molar-refractivity contribution in [1.29, 1.82) is 0 Å². The molecule has 2 aromatic rings. The van der Waals surface area contributed by atoms with Crippen molar-refractivity contribution in [1.82, 2.24) is 15.1 Å². The average molecular weight is 291 g/mol. The van der Waals surface area contributed by atoms with Gasteiger partial charge >= 0.3 is 0 Å². The fourth-order valence-corrected chi connectivity index (χ4v) is 2.40. The molecule has 21 heavy (non-hydrogen) atoms. The molecule has 1 atom stereocenters. The lowest BCUT2D eigenvalue weighted by Crippen LogP contribution is -2.19. The van der Waals surface area contributed by atoms with E-state index >= 15 is 0 Å². The number of ether oxygens (including phenoxy) is 1. The molecule has 0 aliphatic rings. The Labute approximate surface area is 124 Å². The van der Waals surface area contributed by atoms with E-state index in [4.69, 9.17) is 4.74 Å². The molecule has 5 heteroatoms. The van der Waals surface area contributed by atoms with Crippen molar-refractivity contribution < 1.29 is 9.13 Å². The van der Waals surface area contributed by atoms with Crippen LogP contribution in [0.1, 0.15) is 37.4 Å². The zero-order chi connectivity index (χ0) is 15.2. The van der Waals surface area contributed by atoms with Crippen LogP contribution in [0, 0.1) is 5.82 Å². The highest BCUT2D eigenvalue weighted by molar-refractivity contribution is 5.31. The zero-order valence-corrected chi connectivity index (χ0v) is 12.8. The summed E-state index contributed by atoms with van der Waals surface area (Å²) in [4.78, 5) is 0. The topological polar surface area (TPSA) is 39.1 Å². The number of nitrogens with one attached hydrogen (secondary N) is 1. The van der Waals surface area contributed by atoms with E-state index in [0.29, 0.717) is 18.2 Å². The van der Waals surface area contributed by atoms with Crippen molar-refractivity contribution in [3.63, 3.8) is 0 Å². The molecule has 0 aliphatic heterocycles. The molecule has 0 aliphatic carbocycles. The normalized spacial score (nSPS) is 12.4. The smallest absolute Gasteiger partial charge is 0.170 e. The van der Waals surface area contributed by atoms with Gasteiger partial charge in [0.25, 0.3) is 0 Å². The van der Waals surface area contributed by atoms with Gasteiger partial charge in [-0.2, -0.15) is 5.10 Å². The molecule has 0 saturated carbocycles. The van der Waals surface area contributed by atoms with Crippen LogP contribution in [0.15, 0.2) is 30.6 Å². The first-order valence-corrected chi connectivity index (χ1v) is 7.26. The molecule has 4 nitrogen and oxygen atoms in total. The Hall–Kier alpha value is -1.88. The lowest BCUT2D eigenvalue weighted by atomic mass is 10.1. The molecule has 2 rings (SSSR count). The molecule has 1 N–H and O–H groups in total. The maximum atomic E-state index is 14.1. The van der Waals surface area contributed by atoms with Gasteiger partial charge < -0.3 is 10.1 Å². The molecule has 0 spiro atoms. The second-order valence-electron chi connectivity index (χ2n) is 4.92. The molecular weight excluding hydrogens is 269 g/mol.